The lowest BCUT2D eigenvalue weighted by molar-refractivity contribution is 0.523. The van der Waals surface area contributed by atoms with E-state index in [2.05, 4.69) is 15.2 Å². The first-order valence-corrected chi connectivity index (χ1v) is 11.3. The third-order valence-electron chi connectivity index (χ3n) is 4.63. The van der Waals surface area contributed by atoms with Crippen molar-refractivity contribution in [1.29, 1.82) is 0 Å². The highest BCUT2D eigenvalue weighted by molar-refractivity contribution is 7.91. The van der Waals surface area contributed by atoms with Crippen molar-refractivity contribution in [2.24, 2.45) is 0 Å². The van der Waals surface area contributed by atoms with Crippen molar-refractivity contribution < 1.29 is 12.8 Å². The monoisotopic (exact) mass is 442 g/mol. The second kappa shape index (κ2) is 7.75. The van der Waals surface area contributed by atoms with Crippen molar-refractivity contribution in [2.45, 2.75) is 11.1 Å². The smallest absolute Gasteiger partial charge is 0.252 e. The maximum atomic E-state index is 14.6. The Morgan fingerprint density at radius 3 is 2.60 bits per heavy atom. The summed E-state index contributed by atoms with van der Waals surface area (Å²) in [7, 11) is -0.635. The molecule has 0 bridgehead atoms. The number of nitrogens with one attached hydrogen (secondary N) is 1. The minimum Gasteiger partial charge on any atom is -0.284 e. The molecule has 0 aliphatic carbocycles. The number of aromatic nitrogens is 3. The molecule has 4 aromatic rings. The van der Waals surface area contributed by atoms with Crippen molar-refractivity contribution in [3.63, 3.8) is 0 Å². The number of halogens is 1. The first-order chi connectivity index (χ1) is 14.3. The van der Waals surface area contributed by atoms with Gasteiger partial charge in [0.05, 0.1) is 5.69 Å². The molecule has 0 aliphatic heterocycles. The van der Waals surface area contributed by atoms with E-state index in [1.165, 1.54) is 26.2 Å². The van der Waals surface area contributed by atoms with Crippen LogP contribution < -0.4 is 0 Å². The minimum absolute atomic E-state index is 0.167. The molecule has 3 aromatic heterocycles. The van der Waals surface area contributed by atoms with Crippen LogP contribution >= 0.6 is 11.3 Å². The van der Waals surface area contributed by atoms with Crippen LogP contribution in [-0.2, 0) is 10.0 Å². The van der Waals surface area contributed by atoms with Gasteiger partial charge in [-0.1, -0.05) is 12.1 Å². The standard InChI is InChI=1S/C21H19FN4O2S2/c1-13-5-4-6-18(24-13)21-16(12-23-25-21)14-7-8-17(22)15(11-14)19-9-10-20(29-19)30(27,28)26(2)3/h4-12H,1-3H3,(H,23,25). The van der Waals surface area contributed by atoms with Crippen molar-refractivity contribution in [3.05, 3.63) is 66.2 Å². The van der Waals surface area contributed by atoms with E-state index < -0.39 is 15.8 Å². The van der Waals surface area contributed by atoms with Crippen LogP contribution in [0.25, 0.3) is 33.0 Å². The summed E-state index contributed by atoms with van der Waals surface area (Å²) in [6, 6.07) is 13.6. The van der Waals surface area contributed by atoms with Crippen molar-refractivity contribution in [1.82, 2.24) is 19.5 Å². The van der Waals surface area contributed by atoms with Crippen LogP contribution in [0.3, 0.4) is 0 Å². The number of pyridine rings is 1. The van der Waals surface area contributed by atoms with Crippen LogP contribution in [0.1, 0.15) is 5.69 Å². The largest absolute Gasteiger partial charge is 0.284 e. The summed E-state index contributed by atoms with van der Waals surface area (Å²) in [5.74, 6) is -0.423. The van der Waals surface area contributed by atoms with Gasteiger partial charge in [0.2, 0.25) is 0 Å². The predicted molar refractivity (Wildman–Crippen MR) is 116 cm³/mol. The first kappa shape index (κ1) is 20.4. The molecule has 4 rings (SSSR count). The Morgan fingerprint density at radius 1 is 1.07 bits per heavy atom. The zero-order valence-corrected chi connectivity index (χ0v) is 18.2. The van der Waals surface area contributed by atoms with Crippen molar-refractivity contribution >= 4 is 21.4 Å². The fraction of sp³-hybridized carbons (Fsp3) is 0.143. The van der Waals surface area contributed by atoms with Gasteiger partial charge in [-0.2, -0.15) is 5.10 Å². The Bertz CT molecular complexity index is 1330. The van der Waals surface area contributed by atoms with E-state index in [9.17, 15) is 12.8 Å². The van der Waals surface area contributed by atoms with Gasteiger partial charge >= 0.3 is 0 Å². The van der Waals surface area contributed by atoms with E-state index >= 15 is 0 Å². The van der Waals surface area contributed by atoms with E-state index in [1.54, 1.807) is 24.4 Å². The molecule has 154 valence electrons. The van der Waals surface area contributed by atoms with Gasteiger partial charge in [-0.25, -0.2) is 17.1 Å². The van der Waals surface area contributed by atoms with Gasteiger partial charge < -0.3 is 0 Å². The molecule has 30 heavy (non-hydrogen) atoms. The molecule has 0 saturated heterocycles. The molecular weight excluding hydrogens is 423 g/mol. The molecule has 0 unspecified atom stereocenters. The topological polar surface area (TPSA) is 79.0 Å². The summed E-state index contributed by atoms with van der Waals surface area (Å²) in [4.78, 5) is 5.06. The normalized spacial score (nSPS) is 11.9. The number of nitrogens with zero attached hydrogens (tertiary/aromatic N) is 3. The van der Waals surface area contributed by atoms with Crippen molar-refractivity contribution in [3.8, 4) is 33.0 Å². The molecule has 6 nitrogen and oxygen atoms in total. The van der Waals surface area contributed by atoms with Gasteiger partial charge in [0.25, 0.3) is 10.0 Å². The number of thiophene rings is 1. The Balaban J connectivity index is 1.78. The van der Waals surface area contributed by atoms with Crippen molar-refractivity contribution in [2.75, 3.05) is 14.1 Å². The molecule has 1 aromatic carbocycles. The zero-order valence-electron chi connectivity index (χ0n) is 16.5. The molecule has 0 fully saturated rings. The third kappa shape index (κ3) is 3.67. The number of sulfonamides is 1. The SMILES string of the molecule is Cc1cccc(-c2n[nH]cc2-c2ccc(F)c(-c3ccc(S(=O)(=O)N(C)C)s3)c2)n1. The second-order valence-corrected chi connectivity index (χ2v) is 10.4. The number of aromatic amines is 1. The molecule has 0 radical (unpaired) electrons. The molecule has 0 amide bonds. The highest BCUT2D eigenvalue weighted by Gasteiger charge is 2.21. The molecule has 0 aliphatic rings. The summed E-state index contributed by atoms with van der Waals surface area (Å²) < 4.78 is 40.7. The van der Waals surface area contributed by atoms with E-state index in [0.29, 0.717) is 21.8 Å². The van der Waals surface area contributed by atoms with Crippen LogP contribution in [0.15, 0.2) is 58.9 Å². The number of hydrogen-bond acceptors (Lipinski definition) is 5. The van der Waals surface area contributed by atoms with Gasteiger partial charge in [0, 0.05) is 42.0 Å². The highest BCUT2D eigenvalue weighted by Crippen LogP contribution is 2.37. The van der Waals surface area contributed by atoms with E-state index in [1.807, 2.05) is 25.1 Å². The second-order valence-electron chi connectivity index (χ2n) is 6.91. The Hall–Kier alpha value is -2.88. The van der Waals surface area contributed by atoms with Gasteiger partial charge in [0.1, 0.15) is 15.7 Å². The van der Waals surface area contributed by atoms with E-state index in [4.69, 9.17) is 0 Å². The lowest BCUT2D eigenvalue weighted by Crippen LogP contribution is -2.21. The number of benzene rings is 1. The van der Waals surface area contributed by atoms with E-state index in [-0.39, 0.29) is 4.21 Å². The molecule has 0 atom stereocenters. The molecule has 1 N–H and O–H groups in total. The minimum atomic E-state index is -3.57. The van der Waals surface area contributed by atoms with Gasteiger partial charge in [-0.15, -0.1) is 11.3 Å². The quantitative estimate of drug-likeness (QED) is 0.491. The maximum absolute atomic E-state index is 14.6. The lowest BCUT2D eigenvalue weighted by atomic mass is 10.0. The predicted octanol–water partition coefficient (Wildman–Crippen LogP) is 4.57. The average Bonchev–Trinajstić information content (AvgIpc) is 3.38. The summed E-state index contributed by atoms with van der Waals surface area (Å²) in [5, 5.41) is 7.18. The Kier molecular flexibility index (Phi) is 5.27. The fourth-order valence-corrected chi connectivity index (χ4v) is 5.54. The molecule has 0 spiro atoms. The fourth-order valence-electron chi connectivity index (χ4n) is 3.05. The highest BCUT2D eigenvalue weighted by atomic mass is 32.2. The number of rotatable bonds is 5. The number of hydrogen-bond donors (Lipinski definition) is 1. The summed E-state index contributed by atoms with van der Waals surface area (Å²) in [6.45, 7) is 1.90. The average molecular weight is 443 g/mol. The van der Waals surface area contributed by atoms with Crippen LogP contribution in [-0.4, -0.2) is 42.0 Å². The van der Waals surface area contributed by atoms with Gasteiger partial charge in [-0.3, -0.25) is 10.1 Å². The number of H-pyrrole nitrogens is 1. The molecule has 9 heteroatoms. The van der Waals surface area contributed by atoms with Crippen LogP contribution in [0.4, 0.5) is 4.39 Å². The lowest BCUT2D eigenvalue weighted by Gasteiger charge is -2.09. The molecule has 3 heterocycles. The maximum Gasteiger partial charge on any atom is 0.252 e. The first-order valence-electron chi connectivity index (χ1n) is 9.08. The van der Waals surface area contributed by atoms with Crippen LogP contribution in [0.2, 0.25) is 0 Å². The zero-order chi connectivity index (χ0) is 21.5. The van der Waals surface area contributed by atoms with Gasteiger partial charge in [-0.05, 0) is 48.9 Å². The van der Waals surface area contributed by atoms with E-state index in [0.717, 1.165) is 32.5 Å². The molecule has 0 saturated carbocycles. The number of aryl methyl sites for hydroxylation is 1. The van der Waals surface area contributed by atoms with Crippen LogP contribution in [0, 0.1) is 12.7 Å². The van der Waals surface area contributed by atoms with Gasteiger partial charge in [0.15, 0.2) is 0 Å². The summed E-state index contributed by atoms with van der Waals surface area (Å²) in [5.41, 5.74) is 4.12. The Labute approximate surface area is 178 Å². The Morgan fingerprint density at radius 2 is 1.87 bits per heavy atom. The third-order valence-corrected chi connectivity index (χ3v) is 8.03. The summed E-state index contributed by atoms with van der Waals surface area (Å²) >= 11 is 1.04. The molecular formula is C21H19FN4O2S2. The summed E-state index contributed by atoms with van der Waals surface area (Å²) in [6.07, 6.45) is 1.74. The van der Waals surface area contributed by atoms with Crippen LogP contribution in [0.5, 0.6) is 0 Å².